The minimum Gasteiger partial charge on any atom is -0.492 e. The third kappa shape index (κ3) is 6.95. The maximum Gasteiger partial charge on any atom is 0.325 e. The quantitative estimate of drug-likeness (QED) is 0.184. The Morgan fingerprint density at radius 1 is 0.881 bits per heavy atom. The highest BCUT2D eigenvalue weighted by Gasteiger charge is 2.40. The van der Waals surface area contributed by atoms with Crippen molar-refractivity contribution in [3.8, 4) is 16.3 Å². The van der Waals surface area contributed by atoms with E-state index < -0.39 is 41.0 Å². The number of urea groups is 1. The number of carbonyl (C=O) groups excluding carboxylic acids is 1. The average molecular weight is 837 g/mol. The third-order valence-electron chi connectivity index (χ3n) is 12.2. The summed E-state index contributed by atoms with van der Waals surface area (Å²) >= 11 is 0.803. The Kier molecular flexibility index (Phi) is 10.2. The number of hydrogen-bond acceptors (Lipinski definition) is 11. The largest absolute Gasteiger partial charge is 0.492 e. The number of nitrogens with one attached hydrogen (secondary N) is 2. The number of alkyl halides is 1. The van der Waals surface area contributed by atoms with Gasteiger partial charge in [-0.2, -0.15) is 0 Å². The van der Waals surface area contributed by atoms with Crippen LogP contribution in [-0.2, 0) is 6.54 Å². The minimum absolute atomic E-state index is 0.00726. The number of piperazine rings is 1. The number of fused-ring (bicyclic) bond motifs is 3. The van der Waals surface area contributed by atoms with Crippen molar-refractivity contribution in [1.82, 2.24) is 29.1 Å². The number of methoxy groups -OCH3 is 1. The Morgan fingerprint density at radius 2 is 1.61 bits per heavy atom. The molecule has 2 aromatic carbocycles. The van der Waals surface area contributed by atoms with E-state index in [-0.39, 0.29) is 61.7 Å². The van der Waals surface area contributed by atoms with Gasteiger partial charge < -0.3 is 38.8 Å². The van der Waals surface area contributed by atoms with Gasteiger partial charge in [0.15, 0.2) is 27.8 Å². The van der Waals surface area contributed by atoms with E-state index >= 15 is 13.2 Å². The van der Waals surface area contributed by atoms with Crippen molar-refractivity contribution < 1.29 is 27.1 Å². The first-order valence-corrected chi connectivity index (χ1v) is 20.6. The van der Waals surface area contributed by atoms with Crippen molar-refractivity contribution >= 4 is 61.4 Å². The molecule has 2 N–H and O–H groups in total. The lowest BCUT2D eigenvalue weighted by molar-refractivity contribution is 0.158. The minimum atomic E-state index is -0.953. The summed E-state index contributed by atoms with van der Waals surface area (Å²) in [5.41, 5.74) is -1.25. The second-order valence-corrected chi connectivity index (χ2v) is 16.9. The lowest BCUT2D eigenvalue weighted by Crippen LogP contribution is -2.45. The molecule has 312 valence electrons. The summed E-state index contributed by atoms with van der Waals surface area (Å²) in [5.74, 6) is -1.77. The highest BCUT2D eigenvalue weighted by Crippen LogP contribution is 2.46. The summed E-state index contributed by atoms with van der Waals surface area (Å²) in [7, 11) is 5.48. The van der Waals surface area contributed by atoms with E-state index in [1.54, 1.807) is 11.1 Å². The van der Waals surface area contributed by atoms with Crippen molar-refractivity contribution in [3.05, 3.63) is 62.4 Å². The lowest BCUT2D eigenvalue weighted by Gasteiger charge is -2.34. The van der Waals surface area contributed by atoms with Gasteiger partial charge in [-0.05, 0) is 64.4 Å². The van der Waals surface area contributed by atoms with Crippen LogP contribution >= 0.6 is 11.3 Å². The molecule has 5 aromatic rings. The molecule has 9 rings (SSSR count). The Bertz CT molecular complexity index is 2610. The molecule has 1 saturated carbocycles. The SMILES string of the molecule is COc1c(N2CC3CCCN(C)C3C2)c(F)cc2c(=O)c(NC(=O)Nc3nnc(-c4cn(CCF)c5c(F)c(N6CCN(C)CC6)c(F)cc5c4=O)s3)cn(C3CC3)c12. The smallest absolute Gasteiger partial charge is 0.325 e. The van der Waals surface area contributed by atoms with E-state index in [4.69, 9.17) is 4.74 Å². The summed E-state index contributed by atoms with van der Waals surface area (Å²) in [5, 5.41) is 12.9. The fourth-order valence-corrected chi connectivity index (χ4v) is 9.84. The van der Waals surface area contributed by atoms with Crippen LogP contribution in [0.5, 0.6) is 5.75 Å². The molecule has 3 aliphatic heterocycles. The van der Waals surface area contributed by atoms with E-state index in [2.05, 4.69) is 32.8 Å². The summed E-state index contributed by atoms with van der Waals surface area (Å²) in [6.07, 6.45) is 6.60. The molecule has 4 aliphatic rings. The molecule has 2 unspecified atom stereocenters. The van der Waals surface area contributed by atoms with Crippen LogP contribution in [-0.4, -0.2) is 115 Å². The van der Waals surface area contributed by atoms with Gasteiger partial charge >= 0.3 is 6.03 Å². The zero-order valence-corrected chi connectivity index (χ0v) is 33.7. The van der Waals surface area contributed by atoms with Gasteiger partial charge in [0.1, 0.15) is 29.6 Å². The van der Waals surface area contributed by atoms with Gasteiger partial charge in [-0.15, -0.1) is 10.2 Å². The van der Waals surface area contributed by atoms with Gasteiger partial charge in [0.2, 0.25) is 10.6 Å². The van der Waals surface area contributed by atoms with E-state index in [0.717, 1.165) is 49.6 Å². The van der Waals surface area contributed by atoms with Crippen LogP contribution in [0.2, 0.25) is 0 Å². The molecule has 4 fully saturated rings. The van der Waals surface area contributed by atoms with Crippen LogP contribution in [0.1, 0.15) is 31.7 Å². The Morgan fingerprint density at radius 3 is 2.31 bits per heavy atom. The molecule has 14 nitrogen and oxygen atoms in total. The third-order valence-corrected chi connectivity index (χ3v) is 13.1. The molecule has 19 heteroatoms. The highest BCUT2D eigenvalue weighted by molar-refractivity contribution is 7.18. The van der Waals surface area contributed by atoms with Crippen LogP contribution in [0.15, 0.2) is 34.1 Å². The number of piperidine rings is 1. The number of benzene rings is 2. The number of hydrogen-bond donors (Lipinski definition) is 2. The summed E-state index contributed by atoms with van der Waals surface area (Å²) in [4.78, 5) is 49.1. The second kappa shape index (κ2) is 15.4. The number of aryl methyl sites for hydroxylation is 1. The van der Waals surface area contributed by atoms with Crippen molar-refractivity contribution in [2.75, 3.05) is 94.1 Å². The number of nitrogens with zero attached hydrogens (tertiary/aromatic N) is 8. The standard InChI is InChI=1S/C40H44F4N10O4S/c1-49-11-13-51(14-12-49)33-26(42)15-23-31(30(33)44)52(10-8-41)18-25(35(23)55)38-47-48-40(59-38)46-39(57)45-28-19-54(22-6-7-22)32-24(36(28)56)16-27(43)34(37(32)58-3)53-17-21-5-4-9-50(2)29(21)20-53/h15-16,18-19,21-22,29H,4-14,17,20H2,1-3H3,(H2,45,46,48,57). The fourth-order valence-electron chi connectivity index (χ4n) is 9.10. The van der Waals surface area contributed by atoms with Crippen molar-refractivity contribution in [1.29, 1.82) is 0 Å². The maximum absolute atomic E-state index is 16.2. The first-order valence-electron chi connectivity index (χ1n) is 19.8. The van der Waals surface area contributed by atoms with Crippen LogP contribution in [0.3, 0.4) is 0 Å². The number of pyridine rings is 2. The first-order chi connectivity index (χ1) is 28.4. The molecule has 3 saturated heterocycles. The molecule has 1 aliphatic carbocycles. The topological polar surface area (TPSA) is 133 Å². The van der Waals surface area contributed by atoms with Crippen molar-refractivity contribution in [3.63, 3.8) is 0 Å². The van der Waals surface area contributed by atoms with Crippen molar-refractivity contribution in [2.24, 2.45) is 5.92 Å². The summed E-state index contributed by atoms with van der Waals surface area (Å²) < 4.78 is 70.7. The molecule has 2 atom stereocenters. The molecule has 59 heavy (non-hydrogen) atoms. The highest BCUT2D eigenvalue weighted by atomic mass is 32.1. The van der Waals surface area contributed by atoms with E-state index in [0.29, 0.717) is 62.4 Å². The van der Waals surface area contributed by atoms with Gasteiger partial charge in [0.05, 0.1) is 41.0 Å². The number of rotatable bonds is 9. The first kappa shape index (κ1) is 39.2. The molecule has 0 radical (unpaired) electrons. The number of likely N-dealkylation sites (N-methyl/N-ethyl adjacent to an activating group) is 2. The maximum atomic E-state index is 16.2. The zero-order valence-electron chi connectivity index (χ0n) is 32.9. The Balaban J connectivity index is 0.999. The van der Waals surface area contributed by atoms with Crippen LogP contribution in [0, 0.1) is 23.4 Å². The van der Waals surface area contributed by atoms with Crippen LogP contribution in [0.4, 0.5) is 44.5 Å². The normalized spacial score (nSPS) is 20.1. The number of aromatic nitrogens is 4. The fraction of sp³-hybridized carbons (Fsp3) is 0.475. The number of ether oxygens (including phenoxy) is 1. The van der Waals surface area contributed by atoms with Crippen LogP contribution < -0.4 is 36.0 Å². The second-order valence-electron chi connectivity index (χ2n) is 16.0. The van der Waals surface area contributed by atoms with E-state index in [1.807, 2.05) is 21.4 Å². The molecular weight excluding hydrogens is 793 g/mol. The van der Waals surface area contributed by atoms with Gasteiger partial charge in [0.25, 0.3) is 0 Å². The van der Waals surface area contributed by atoms with Gasteiger partial charge in [0, 0.05) is 63.7 Å². The molecule has 0 bridgehead atoms. The molecule has 2 amide bonds. The molecule has 3 aromatic heterocycles. The monoisotopic (exact) mass is 836 g/mol. The molecule has 0 spiro atoms. The number of halogens is 4. The Labute approximate surface area is 339 Å². The van der Waals surface area contributed by atoms with Crippen LogP contribution in [0.25, 0.3) is 32.4 Å². The molecular formula is C40H44F4N10O4S. The summed E-state index contributed by atoms with van der Waals surface area (Å²) in [6, 6.07) is 1.65. The molecule has 6 heterocycles. The number of amides is 2. The Hall–Kier alpha value is -5.27. The lowest BCUT2D eigenvalue weighted by atomic mass is 9.93. The zero-order chi connectivity index (χ0) is 41.3. The number of anilines is 4. The predicted molar refractivity (Wildman–Crippen MR) is 220 cm³/mol. The predicted octanol–water partition coefficient (Wildman–Crippen LogP) is 5.49. The van der Waals surface area contributed by atoms with Crippen molar-refractivity contribution in [2.45, 2.75) is 44.3 Å². The number of likely N-dealkylation sites (tertiary alicyclic amines) is 1. The van der Waals surface area contributed by atoms with E-state index in [9.17, 15) is 18.8 Å². The number of carbonyl (C=O) groups is 1. The van der Waals surface area contributed by atoms with Gasteiger partial charge in [-0.3, -0.25) is 14.9 Å². The average Bonchev–Trinajstić information content (AvgIpc) is 3.80. The summed E-state index contributed by atoms with van der Waals surface area (Å²) in [6.45, 7) is 3.03. The van der Waals surface area contributed by atoms with Gasteiger partial charge in [-0.25, -0.2) is 22.4 Å². The van der Waals surface area contributed by atoms with Gasteiger partial charge in [-0.1, -0.05) is 11.3 Å². The van der Waals surface area contributed by atoms with E-state index in [1.165, 1.54) is 23.9 Å².